The molecule has 1 aromatic heterocycles. The van der Waals surface area contributed by atoms with Gasteiger partial charge >= 0.3 is 0 Å². The van der Waals surface area contributed by atoms with Crippen LogP contribution < -0.4 is 4.90 Å². The standard InChI is InChI=1S/C55H39NO/c1-55(2)49-22-12-11-19-44(49)45-33-32-42(34-50(45)55)56(41-30-28-39(29-31-41)37-16-7-4-8-17-37)51-23-13-21-47-53-46-20-10-9-18-43(46)48(35-52(53)57-54(47)51)40-26-24-38(25-27-40)36-14-5-3-6-15-36/h3-35H,1-2H3. The van der Waals surface area contributed by atoms with E-state index in [1.54, 1.807) is 0 Å². The van der Waals surface area contributed by atoms with Crippen molar-refractivity contribution in [2.45, 2.75) is 19.3 Å². The molecule has 1 heterocycles. The molecule has 10 aromatic rings. The highest BCUT2D eigenvalue weighted by Crippen LogP contribution is 2.52. The second-order valence-corrected chi connectivity index (χ2v) is 15.7. The maximum absolute atomic E-state index is 7.11. The maximum atomic E-state index is 7.11. The van der Waals surface area contributed by atoms with Crippen LogP contribution in [0.2, 0.25) is 0 Å². The molecular weight excluding hydrogens is 691 g/mol. The van der Waals surface area contributed by atoms with Crippen LogP contribution in [0.3, 0.4) is 0 Å². The summed E-state index contributed by atoms with van der Waals surface area (Å²) < 4.78 is 7.11. The molecule has 270 valence electrons. The fourth-order valence-electron chi connectivity index (χ4n) is 9.23. The normalized spacial score (nSPS) is 12.9. The summed E-state index contributed by atoms with van der Waals surface area (Å²) in [5, 5.41) is 4.63. The Hall–Kier alpha value is -7.16. The fourth-order valence-corrected chi connectivity index (χ4v) is 9.23. The molecule has 11 rings (SSSR count). The first kappa shape index (κ1) is 33.2. The summed E-state index contributed by atoms with van der Waals surface area (Å²) in [6.07, 6.45) is 0. The zero-order valence-electron chi connectivity index (χ0n) is 31.9. The molecule has 57 heavy (non-hydrogen) atoms. The number of nitrogens with zero attached hydrogens (tertiary/aromatic N) is 1. The lowest BCUT2D eigenvalue weighted by Gasteiger charge is -2.28. The van der Waals surface area contributed by atoms with E-state index in [1.807, 2.05) is 0 Å². The van der Waals surface area contributed by atoms with Gasteiger partial charge in [-0.15, -0.1) is 0 Å². The molecule has 0 atom stereocenters. The van der Waals surface area contributed by atoms with E-state index in [4.69, 9.17) is 4.42 Å². The Morgan fingerprint density at radius 1 is 0.386 bits per heavy atom. The molecular formula is C55H39NO. The van der Waals surface area contributed by atoms with E-state index in [9.17, 15) is 0 Å². The van der Waals surface area contributed by atoms with E-state index in [-0.39, 0.29) is 5.41 Å². The summed E-state index contributed by atoms with van der Waals surface area (Å²) in [4.78, 5) is 2.38. The van der Waals surface area contributed by atoms with Gasteiger partial charge in [0, 0.05) is 27.6 Å². The first-order valence-corrected chi connectivity index (χ1v) is 19.8. The van der Waals surface area contributed by atoms with Gasteiger partial charge in [0.2, 0.25) is 0 Å². The minimum atomic E-state index is -0.134. The van der Waals surface area contributed by atoms with Crippen molar-refractivity contribution >= 4 is 49.8 Å². The van der Waals surface area contributed by atoms with Crippen LogP contribution in [-0.4, -0.2) is 0 Å². The van der Waals surface area contributed by atoms with Crippen molar-refractivity contribution in [3.8, 4) is 44.5 Å². The molecule has 0 bridgehead atoms. The van der Waals surface area contributed by atoms with E-state index < -0.39 is 0 Å². The van der Waals surface area contributed by atoms with Gasteiger partial charge in [0.15, 0.2) is 5.58 Å². The minimum absolute atomic E-state index is 0.134. The summed E-state index contributed by atoms with van der Waals surface area (Å²) in [5.74, 6) is 0. The second-order valence-electron chi connectivity index (χ2n) is 15.7. The van der Waals surface area contributed by atoms with Gasteiger partial charge in [-0.2, -0.15) is 0 Å². The Kier molecular flexibility index (Phi) is 7.55. The van der Waals surface area contributed by atoms with Crippen molar-refractivity contribution in [2.24, 2.45) is 0 Å². The Bertz CT molecular complexity index is 3120. The van der Waals surface area contributed by atoms with Crippen molar-refractivity contribution in [3.05, 3.63) is 211 Å². The molecule has 1 aliphatic carbocycles. The largest absolute Gasteiger partial charge is 0.454 e. The van der Waals surface area contributed by atoms with E-state index in [0.717, 1.165) is 50.1 Å². The van der Waals surface area contributed by atoms with Gasteiger partial charge in [0.1, 0.15) is 5.58 Å². The Balaban J connectivity index is 1.11. The lowest BCUT2D eigenvalue weighted by molar-refractivity contribution is 0.660. The SMILES string of the molecule is CC1(C)c2ccccc2-c2ccc(N(c3ccc(-c4ccccc4)cc3)c3cccc4c3oc3cc(-c5ccc(-c6ccccc6)cc5)c5ccccc5c34)cc21. The zero-order valence-corrected chi connectivity index (χ0v) is 31.9. The lowest BCUT2D eigenvalue weighted by atomic mass is 9.82. The molecule has 1 aliphatic rings. The van der Waals surface area contributed by atoms with Crippen LogP contribution >= 0.6 is 0 Å². The Labute approximate surface area is 332 Å². The van der Waals surface area contributed by atoms with Crippen LogP contribution in [0.1, 0.15) is 25.0 Å². The number of furan rings is 1. The summed E-state index contributed by atoms with van der Waals surface area (Å²) >= 11 is 0. The van der Waals surface area contributed by atoms with Crippen LogP contribution in [-0.2, 0) is 5.41 Å². The average Bonchev–Trinajstić information content (AvgIpc) is 3.77. The Morgan fingerprint density at radius 3 is 1.65 bits per heavy atom. The fraction of sp³-hybridized carbons (Fsp3) is 0.0545. The number of hydrogen-bond donors (Lipinski definition) is 0. The molecule has 0 saturated heterocycles. The van der Waals surface area contributed by atoms with Gasteiger partial charge in [-0.1, -0.05) is 178 Å². The van der Waals surface area contributed by atoms with E-state index in [0.29, 0.717) is 0 Å². The highest BCUT2D eigenvalue weighted by molar-refractivity contribution is 6.23. The summed E-state index contributed by atoms with van der Waals surface area (Å²) in [5.41, 5.74) is 17.2. The number of rotatable bonds is 6. The van der Waals surface area contributed by atoms with Crippen molar-refractivity contribution < 1.29 is 4.42 Å². The van der Waals surface area contributed by atoms with Crippen molar-refractivity contribution in [2.75, 3.05) is 4.90 Å². The molecule has 0 fully saturated rings. The summed E-state index contributed by atoms with van der Waals surface area (Å²) in [6, 6.07) is 72.4. The first-order valence-electron chi connectivity index (χ1n) is 19.8. The van der Waals surface area contributed by atoms with Crippen LogP contribution in [0.5, 0.6) is 0 Å². The van der Waals surface area contributed by atoms with Crippen molar-refractivity contribution in [1.82, 2.24) is 0 Å². The van der Waals surface area contributed by atoms with Crippen molar-refractivity contribution in [3.63, 3.8) is 0 Å². The average molecular weight is 730 g/mol. The molecule has 0 spiro atoms. The molecule has 0 saturated carbocycles. The van der Waals surface area contributed by atoms with E-state index >= 15 is 0 Å². The van der Waals surface area contributed by atoms with Gasteiger partial charge in [-0.05, 0) is 103 Å². The second kappa shape index (κ2) is 13.0. The molecule has 9 aromatic carbocycles. The van der Waals surface area contributed by atoms with Crippen LogP contribution in [0, 0.1) is 0 Å². The van der Waals surface area contributed by atoms with E-state index in [2.05, 4.69) is 219 Å². The molecule has 0 aliphatic heterocycles. The Morgan fingerprint density at radius 2 is 0.930 bits per heavy atom. The van der Waals surface area contributed by atoms with Crippen molar-refractivity contribution in [1.29, 1.82) is 0 Å². The maximum Gasteiger partial charge on any atom is 0.159 e. The predicted octanol–water partition coefficient (Wildman–Crippen LogP) is 15.5. The summed E-state index contributed by atoms with van der Waals surface area (Å²) in [7, 11) is 0. The highest BCUT2D eigenvalue weighted by Gasteiger charge is 2.36. The molecule has 0 radical (unpaired) electrons. The highest BCUT2D eigenvalue weighted by atomic mass is 16.3. The number of hydrogen-bond acceptors (Lipinski definition) is 2. The van der Waals surface area contributed by atoms with Gasteiger partial charge in [0.05, 0.1) is 5.69 Å². The van der Waals surface area contributed by atoms with E-state index in [1.165, 1.54) is 55.3 Å². The quantitative estimate of drug-likeness (QED) is 0.169. The number of fused-ring (bicyclic) bond motifs is 8. The summed E-state index contributed by atoms with van der Waals surface area (Å²) in [6.45, 7) is 4.69. The number of anilines is 3. The minimum Gasteiger partial charge on any atom is -0.454 e. The van der Waals surface area contributed by atoms with Gasteiger partial charge < -0.3 is 9.32 Å². The lowest BCUT2D eigenvalue weighted by Crippen LogP contribution is -2.16. The smallest absolute Gasteiger partial charge is 0.159 e. The third kappa shape index (κ3) is 5.33. The zero-order chi connectivity index (χ0) is 38.1. The van der Waals surface area contributed by atoms with Crippen LogP contribution in [0.25, 0.3) is 77.2 Å². The predicted molar refractivity (Wildman–Crippen MR) is 240 cm³/mol. The third-order valence-corrected chi connectivity index (χ3v) is 12.1. The topological polar surface area (TPSA) is 16.4 Å². The first-order chi connectivity index (χ1) is 28.0. The molecule has 2 heteroatoms. The molecule has 0 amide bonds. The van der Waals surface area contributed by atoms with Gasteiger partial charge in [-0.25, -0.2) is 0 Å². The number of para-hydroxylation sites is 1. The number of benzene rings is 9. The van der Waals surface area contributed by atoms with Crippen LogP contribution in [0.15, 0.2) is 205 Å². The molecule has 0 unspecified atom stereocenters. The molecule has 2 nitrogen and oxygen atoms in total. The van der Waals surface area contributed by atoms with Gasteiger partial charge in [0.25, 0.3) is 0 Å². The third-order valence-electron chi connectivity index (χ3n) is 12.1. The van der Waals surface area contributed by atoms with Crippen LogP contribution in [0.4, 0.5) is 17.1 Å². The monoisotopic (exact) mass is 729 g/mol. The molecule has 0 N–H and O–H groups in total. The van der Waals surface area contributed by atoms with Gasteiger partial charge in [-0.3, -0.25) is 0 Å².